The first-order chi connectivity index (χ1) is 12.5. The number of amides is 2. The molecule has 0 saturated heterocycles. The third-order valence-corrected chi connectivity index (χ3v) is 3.93. The number of carbonyl (C=O) groups excluding carboxylic acids is 2. The number of imidazole rings is 1. The van der Waals surface area contributed by atoms with Gasteiger partial charge in [0.05, 0.1) is 12.2 Å². The number of benzene rings is 1. The number of hydrogen-bond donors (Lipinski definition) is 4. The Morgan fingerprint density at radius 2 is 2.08 bits per heavy atom. The fourth-order valence-corrected chi connectivity index (χ4v) is 2.54. The van der Waals surface area contributed by atoms with Crippen molar-refractivity contribution in [3.05, 3.63) is 48.5 Å². The summed E-state index contributed by atoms with van der Waals surface area (Å²) in [5, 5.41) is 24.6. The Morgan fingerprint density at radius 3 is 2.77 bits per heavy atom. The number of para-hydroxylation sites is 1. The third-order valence-electron chi connectivity index (χ3n) is 3.93. The van der Waals surface area contributed by atoms with Gasteiger partial charge >= 0.3 is 18.9 Å². The van der Waals surface area contributed by atoms with Crippen molar-refractivity contribution < 1.29 is 24.1 Å². The lowest BCUT2D eigenvalue weighted by Crippen LogP contribution is -2.51. The molecule has 0 aliphatic carbocycles. The van der Waals surface area contributed by atoms with Crippen LogP contribution in [-0.4, -0.2) is 44.5 Å². The minimum atomic E-state index is -1.85. The highest BCUT2D eigenvalue weighted by atomic mass is 16.4. The molecule has 0 unspecified atom stereocenters. The monoisotopic (exact) mass is 356 g/mol. The second-order valence-electron chi connectivity index (χ2n) is 5.77. The molecule has 0 fully saturated rings. The zero-order valence-corrected chi connectivity index (χ0v) is 13.9. The number of furan rings is 1. The van der Waals surface area contributed by atoms with Gasteiger partial charge in [0.15, 0.2) is 0 Å². The van der Waals surface area contributed by atoms with Crippen molar-refractivity contribution in [1.29, 1.82) is 0 Å². The fraction of sp³-hybridized carbons (Fsp3) is 0.188. The second kappa shape index (κ2) is 7.42. The van der Waals surface area contributed by atoms with Crippen LogP contribution in [0, 0.1) is 0 Å². The molecule has 0 saturated carbocycles. The average Bonchev–Trinajstić information content (AvgIpc) is 3.21. The van der Waals surface area contributed by atoms with E-state index in [0.717, 1.165) is 5.39 Å². The number of nitrogens with one attached hydrogen (secondary N) is 2. The Hall–Kier alpha value is -3.11. The maximum atomic E-state index is 12.1. The Balaban J connectivity index is 1.69. The largest absolute Gasteiger partial charge is 0.475 e. The first-order valence-electron chi connectivity index (χ1n) is 7.86. The van der Waals surface area contributed by atoms with Crippen molar-refractivity contribution in [2.75, 3.05) is 5.32 Å². The summed E-state index contributed by atoms with van der Waals surface area (Å²) in [6, 6.07) is 7.25. The SMILES string of the molecule is Cn1ccnc1NC(=O)C(=O)N[C@@H](Cc1coc2ccccc12)B(O)O. The van der Waals surface area contributed by atoms with Gasteiger partial charge in [-0.1, -0.05) is 18.2 Å². The van der Waals surface area contributed by atoms with Gasteiger partial charge in [0, 0.05) is 24.8 Å². The summed E-state index contributed by atoms with van der Waals surface area (Å²) in [5.74, 6) is -2.84. The van der Waals surface area contributed by atoms with Crippen molar-refractivity contribution in [3.8, 4) is 0 Å². The van der Waals surface area contributed by atoms with Crippen molar-refractivity contribution in [2.45, 2.75) is 12.4 Å². The molecule has 0 aliphatic rings. The smallest absolute Gasteiger partial charge is 0.464 e. The van der Waals surface area contributed by atoms with E-state index < -0.39 is 24.9 Å². The van der Waals surface area contributed by atoms with Crippen LogP contribution in [0.3, 0.4) is 0 Å². The molecule has 2 aromatic heterocycles. The summed E-state index contributed by atoms with van der Waals surface area (Å²) >= 11 is 0. The molecular formula is C16H17BN4O5. The zero-order valence-electron chi connectivity index (χ0n) is 13.9. The first-order valence-corrected chi connectivity index (χ1v) is 7.86. The summed E-state index contributed by atoms with van der Waals surface area (Å²) in [6.45, 7) is 0. The lowest BCUT2D eigenvalue weighted by molar-refractivity contribution is -0.136. The van der Waals surface area contributed by atoms with Gasteiger partial charge in [0.2, 0.25) is 5.95 Å². The quantitative estimate of drug-likeness (QED) is 0.371. The summed E-state index contributed by atoms with van der Waals surface area (Å²) in [4.78, 5) is 27.9. The van der Waals surface area contributed by atoms with Crippen LogP contribution in [0.1, 0.15) is 5.56 Å². The highest BCUT2D eigenvalue weighted by molar-refractivity contribution is 6.46. The van der Waals surface area contributed by atoms with Crippen LogP contribution in [0.25, 0.3) is 11.0 Å². The topological polar surface area (TPSA) is 130 Å². The maximum absolute atomic E-state index is 12.1. The van der Waals surface area contributed by atoms with Crippen molar-refractivity contribution in [2.24, 2.45) is 7.05 Å². The van der Waals surface area contributed by atoms with Crippen LogP contribution in [-0.2, 0) is 23.1 Å². The van der Waals surface area contributed by atoms with E-state index in [1.54, 1.807) is 19.3 Å². The molecule has 2 heterocycles. The molecular weight excluding hydrogens is 339 g/mol. The number of aromatic nitrogens is 2. The predicted molar refractivity (Wildman–Crippen MR) is 93.9 cm³/mol. The summed E-state index contributed by atoms with van der Waals surface area (Å²) in [5.41, 5.74) is 1.33. The molecule has 4 N–H and O–H groups in total. The number of hydrogen-bond acceptors (Lipinski definition) is 6. The summed E-state index contributed by atoms with van der Waals surface area (Å²) in [7, 11) is -0.196. The molecule has 9 nitrogen and oxygen atoms in total. The molecule has 2 amide bonds. The highest BCUT2D eigenvalue weighted by Crippen LogP contribution is 2.22. The predicted octanol–water partition coefficient (Wildman–Crippen LogP) is -0.156. The molecule has 10 heteroatoms. The number of anilines is 1. The van der Waals surface area contributed by atoms with E-state index in [1.807, 2.05) is 18.2 Å². The van der Waals surface area contributed by atoms with Crippen LogP contribution < -0.4 is 10.6 Å². The summed E-state index contributed by atoms with van der Waals surface area (Å²) in [6.07, 6.45) is 4.64. The van der Waals surface area contributed by atoms with Crippen molar-refractivity contribution >= 4 is 35.9 Å². The third kappa shape index (κ3) is 3.76. The van der Waals surface area contributed by atoms with Gasteiger partial charge in [-0.3, -0.25) is 14.9 Å². The van der Waals surface area contributed by atoms with Crippen LogP contribution in [0.15, 0.2) is 47.3 Å². The Morgan fingerprint density at radius 1 is 1.31 bits per heavy atom. The normalized spacial score (nSPS) is 12.0. The summed E-state index contributed by atoms with van der Waals surface area (Å²) < 4.78 is 6.93. The van der Waals surface area contributed by atoms with Gasteiger partial charge in [0.1, 0.15) is 5.58 Å². The van der Waals surface area contributed by atoms with E-state index in [9.17, 15) is 19.6 Å². The van der Waals surface area contributed by atoms with E-state index in [0.29, 0.717) is 11.1 Å². The number of aryl methyl sites for hydroxylation is 1. The molecule has 0 spiro atoms. The number of fused-ring (bicyclic) bond motifs is 1. The van der Waals surface area contributed by atoms with Crippen LogP contribution >= 0.6 is 0 Å². The highest BCUT2D eigenvalue weighted by Gasteiger charge is 2.29. The molecule has 26 heavy (non-hydrogen) atoms. The van der Waals surface area contributed by atoms with E-state index in [-0.39, 0.29) is 12.4 Å². The fourth-order valence-electron chi connectivity index (χ4n) is 2.54. The number of rotatable bonds is 5. The lowest BCUT2D eigenvalue weighted by Gasteiger charge is -2.17. The van der Waals surface area contributed by atoms with Crippen LogP contribution in [0.2, 0.25) is 0 Å². The van der Waals surface area contributed by atoms with Crippen molar-refractivity contribution in [3.63, 3.8) is 0 Å². The van der Waals surface area contributed by atoms with Gasteiger partial charge < -0.3 is 24.3 Å². The van der Waals surface area contributed by atoms with Gasteiger partial charge in [-0.15, -0.1) is 0 Å². The van der Waals surface area contributed by atoms with E-state index in [4.69, 9.17) is 4.42 Å². The molecule has 1 aromatic carbocycles. The van der Waals surface area contributed by atoms with E-state index in [2.05, 4.69) is 15.6 Å². The van der Waals surface area contributed by atoms with E-state index in [1.165, 1.54) is 17.0 Å². The Kier molecular flexibility index (Phi) is 5.05. The molecule has 1 atom stereocenters. The van der Waals surface area contributed by atoms with Gasteiger partial charge in [-0.2, -0.15) is 0 Å². The van der Waals surface area contributed by atoms with E-state index >= 15 is 0 Å². The first kappa shape index (κ1) is 17.7. The Bertz CT molecular complexity index is 936. The zero-order chi connectivity index (χ0) is 18.7. The minimum Gasteiger partial charge on any atom is -0.464 e. The molecule has 134 valence electrons. The molecule has 3 rings (SSSR count). The minimum absolute atomic E-state index is 0.0795. The second-order valence-corrected chi connectivity index (χ2v) is 5.77. The van der Waals surface area contributed by atoms with Gasteiger partial charge in [-0.25, -0.2) is 4.98 Å². The van der Waals surface area contributed by atoms with Crippen LogP contribution in [0.5, 0.6) is 0 Å². The standard InChI is InChI=1S/C16H17BN4O5/c1-21-7-6-18-16(21)20-15(23)14(22)19-13(17(24)25)8-10-9-26-12-5-3-2-4-11(10)12/h2-7,9,13,24-25H,8H2,1H3,(H,19,22)(H,18,20,23)/t13-/m0/s1. The van der Waals surface area contributed by atoms with Crippen molar-refractivity contribution in [1.82, 2.24) is 14.9 Å². The maximum Gasteiger partial charge on any atom is 0.475 e. The average molecular weight is 356 g/mol. The number of nitrogens with zero attached hydrogens (tertiary/aromatic N) is 2. The molecule has 0 bridgehead atoms. The van der Waals surface area contributed by atoms with Crippen LogP contribution in [0.4, 0.5) is 5.95 Å². The van der Waals surface area contributed by atoms with Gasteiger partial charge in [0.25, 0.3) is 0 Å². The Labute approximate surface area is 148 Å². The lowest BCUT2D eigenvalue weighted by atomic mass is 9.76. The molecule has 0 aliphatic heterocycles. The number of carbonyl (C=O) groups is 2. The molecule has 0 radical (unpaired) electrons. The molecule has 3 aromatic rings. The van der Waals surface area contributed by atoms with Gasteiger partial charge in [-0.05, 0) is 18.1 Å².